The van der Waals surface area contributed by atoms with Gasteiger partial charge in [-0.1, -0.05) is 0 Å². The van der Waals surface area contributed by atoms with E-state index in [-0.39, 0.29) is 5.78 Å². The molecule has 2 heterocycles. The number of aromatic nitrogens is 1. The number of Topliss-reactive ketones (excluding diaryl/α,β-unsaturated/α-hetero) is 1. The van der Waals surface area contributed by atoms with Crippen LogP contribution in [-0.2, 0) is 19.3 Å². The van der Waals surface area contributed by atoms with E-state index >= 15 is 0 Å². The predicted molar refractivity (Wildman–Crippen MR) is 80.9 cm³/mol. The number of rotatable bonds is 3. The molecular weight excluding hydrogens is 322 g/mol. The number of nitrogens with zero attached hydrogens (tertiary/aromatic N) is 1. The van der Waals surface area contributed by atoms with Crippen LogP contribution in [0.1, 0.15) is 38.6 Å². The lowest BCUT2D eigenvalue weighted by atomic mass is 9.99. The first kappa shape index (κ1) is 13.0. The number of ketones is 1. The van der Waals surface area contributed by atoms with Crippen LogP contribution in [0.15, 0.2) is 28.9 Å². The molecule has 0 aliphatic heterocycles. The van der Waals surface area contributed by atoms with E-state index < -0.39 is 0 Å². The minimum absolute atomic E-state index is 0.189. The Bertz CT molecular complexity index is 580. The average molecular weight is 336 g/mol. The van der Waals surface area contributed by atoms with Gasteiger partial charge in [-0.05, 0) is 65.4 Å². The third kappa shape index (κ3) is 2.95. The van der Waals surface area contributed by atoms with Crippen molar-refractivity contribution >= 4 is 33.0 Å². The molecule has 3 rings (SSSR count). The standard InChI is InChI=1S/C15H14BrNOS/c16-11-5-6-12(17-9-11)8-13(18)15-7-10-3-1-2-4-14(10)19-15/h5-7,9H,1-4,8H2. The zero-order valence-corrected chi connectivity index (χ0v) is 12.9. The molecule has 1 aliphatic carbocycles. The molecule has 0 amide bonds. The van der Waals surface area contributed by atoms with Crippen LogP contribution >= 0.6 is 27.3 Å². The van der Waals surface area contributed by atoms with Crippen molar-refractivity contribution in [3.05, 3.63) is 49.9 Å². The fourth-order valence-electron chi connectivity index (χ4n) is 2.39. The van der Waals surface area contributed by atoms with Gasteiger partial charge in [0.15, 0.2) is 5.78 Å². The van der Waals surface area contributed by atoms with Gasteiger partial charge < -0.3 is 0 Å². The molecule has 0 N–H and O–H groups in total. The van der Waals surface area contributed by atoms with Crippen LogP contribution in [0.25, 0.3) is 0 Å². The van der Waals surface area contributed by atoms with Crippen molar-refractivity contribution in [2.24, 2.45) is 0 Å². The largest absolute Gasteiger partial charge is 0.293 e. The van der Waals surface area contributed by atoms with E-state index in [4.69, 9.17) is 0 Å². The highest BCUT2D eigenvalue weighted by molar-refractivity contribution is 9.10. The molecule has 0 saturated carbocycles. The number of carbonyl (C=O) groups is 1. The Balaban J connectivity index is 1.76. The summed E-state index contributed by atoms with van der Waals surface area (Å²) in [7, 11) is 0. The molecule has 0 fully saturated rings. The summed E-state index contributed by atoms with van der Waals surface area (Å²) in [5, 5.41) is 0. The number of hydrogen-bond donors (Lipinski definition) is 0. The number of fused-ring (bicyclic) bond motifs is 1. The van der Waals surface area contributed by atoms with Gasteiger partial charge in [0.05, 0.1) is 11.3 Å². The summed E-state index contributed by atoms with van der Waals surface area (Å²) in [6, 6.07) is 5.92. The molecule has 0 atom stereocenters. The summed E-state index contributed by atoms with van der Waals surface area (Å²) >= 11 is 5.03. The van der Waals surface area contributed by atoms with Gasteiger partial charge in [-0.3, -0.25) is 9.78 Å². The van der Waals surface area contributed by atoms with Crippen LogP contribution in [0.4, 0.5) is 0 Å². The van der Waals surface area contributed by atoms with Crippen LogP contribution in [0.3, 0.4) is 0 Å². The first-order valence-corrected chi connectivity index (χ1v) is 8.08. The fraction of sp³-hybridized carbons (Fsp3) is 0.333. The van der Waals surface area contributed by atoms with E-state index in [1.807, 2.05) is 12.1 Å². The lowest BCUT2D eigenvalue weighted by molar-refractivity contribution is 0.0995. The molecule has 0 aromatic carbocycles. The van der Waals surface area contributed by atoms with Crippen molar-refractivity contribution in [1.29, 1.82) is 0 Å². The Morgan fingerprint density at radius 1 is 1.32 bits per heavy atom. The second-order valence-electron chi connectivity index (χ2n) is 4.83. The highest BCUT2D eigenvalue weighted by Gasteiger charge is 2.17. The van der Waals surface area contributed by atoms with Crippen LogP contribution < -0.4 is 0 Å². The number of halogens is 1. The van der Waals surface area contributed by atoms with Gasteiger partial charge in [-0.25, -0.2) is 0 Å². The zero-order valence-electron chi connectivity index (χ0n) is 10.5. The van der Waals surface area contributed by atoms with E-state index in [1.165, 1.54) is 23.3 Å². The first-order chi connectivity index (χ1) is 9.22. The molecule has 2 aromatic rings. The third-order valence-electron chi connectivity index (χ3n) is 3.40. The maximum absolute atomic E-state index is 12.3. The quantitative estimate of drug-likeness (QED) is 0.786. The number of carbonyl (C=O) groups excluding carboxylic acids is 1. The zero-order chi connectivity index (χ0) is 13.2. The lowest BCUT2D eigenvalue weighted by Crippen LogP contribution is -2.02. The number of thiophene rings is 1. The topological polar surface area (TPSA) is 30.0 Å². The Labute approximate surface area is 125 Å². The summed E-state index contributed by atoms with van der Waals surface area (Å²) in [6.45, 7) is 0. The molecule has 0 spiro atoms. The lowest BCUT2D eigenvalue weighted by Gasteiger charge is -2.08. The van der Waals surface area contributed by atoms with Crippen molar-refractivity contribution in [3.8, 4) is 0 Å². The van der Waals surface area contributed by atoms with E-state index in [1.54, 1.807) is 17.5 Å². The average Bonchev–Trinajstić information content (AvgIpc) is 2.85. The van der Waals surface area contributed by atoms with E-state index in [9.17, 15) is 4.79 Å². The Morgan fingerprint density at radius 2 is 2.16 bits per heavy atom. The highest BCUT2D eigenvalue weighted by Crippen LogP contribution is 2.30. The predicted octanol–water partition coefficient (Wildman–Crippen LogP) is 4.21. The van der Waals surface area contributed by atoms with Crippen molar-refractivity contribution in [3.63, 3.8) is 0 Å². The normalized spacial score (nSPS) is 14.2. The highest BCUT2D eigenvalue weighted by atomic mass is 79.9. The maximum atomic E-state index is 12.3. The molecular formula is C15H14BrNOS. The molecule has 1 aliphatic rings. The SMILES string of the molecule is O=C(Cc1ccc(Br)cn1)c1cc2c(s1)CCCC2. The van der Waals surface area contributed by atoms with Crippen molar-refractivity contribution in [2.75, 3.05) is 0 Å². The summed E-state index contributed by atoms with van der Waals surface area (Å²) in [5.41, 5.74) is 2.22. The Kier molecular flexibility index (Phi) is 3.80. The molecule has 4 heteroatoms. The van der Waals surface area contributed by atoms with Crippen LogP contribution in [0.2, 0.25) is 0 Å². The van der Waals surface area contributed by atoms with E-state index in [2.05, 4.69) is 27.0 Å². The molecule has 0 unspecified atom stereocenters. The minimum Gasteiger partial charge on any atom is -0.293 e. The third-order valence-corrected chi connectivity index (χ3v) is 5.15. The first-order valence-electron chi connectivity index (χ1n) is 6.47. The molecule has 2 nitrogen and oxygen atoms in total. The molecule has 2 aromatic heterocycles. The van der Waals surface area contributed by atoms with E-state index in [0.717, 1.165) is 27.9 Å². The minimum atomic E-state index is 0.189. The monoisotopic (exact) mass is 335 g/mol. The maximum Gasteiger partial charge on any atom is 0.178 e. The van der Waals surface area contributed by atoms with Gasteiger partial charge in [-0.15, -0.1) is 11.3 Å². The summed E-state index contributed by atoms with van der Waals surface area (Å²) in [4.78, 5) is 18.9. The van der Waals surface area contributed by atoms with Gasteiger partial charge in [0.2, 0.25) is 0 Å². The molecule has 19 heavy (non-hydrogen) atoms. The number of aryl methyl sites for hydroxylation is 2. The number of hydrogen-bond acceptors (Lipinski definition) is 3. The molecule has 0 saturated heterocycles. The summed E-state index contributed by atoms with van der Waals surface area (Å²) in [5.74, 6) is 0.189. The molecule has 0 bridgehead atoms. The van der Waals surface area contributed by atoms with Crippen LogP contribution in [0, 0.1) is 0 Å². The van der Waals surface area contributed by atoms with Gasteiger partial charge in [0.25, 0.3) is 0 Å². The van der Waals surface area contributed by atoms with Gasteiger partial charge in [0.1, 0.15) is 0 Å². The smallest absolute Gasteiger partial charge is 0.178 e. The van der Waals surface area contributed by atoms with Crippen LogP contribution in [-0.4, -0.2) is 10.8 Å². The second kappa shape index (κ2) is 5.55. The molecule has 98 valence electrons. The Morgan fingerprint density at radius 3 is 2.89 bits per heavy atom. The van der Waals surface area contributed by atoms with Crippen molar-refractivity contribution in [1.82, 2.24) is 4.98 Å². The summed E-state index contributed by atoms with van der Waals surface area (Å²) < 4.78 is 0.940. The van der Waals surface area contributed by atoms with Gasteiger partial charge in [0, 0.05) is 21.2 Å². The Hall–Kier alpha value is -1.00. The van der Waals surface area contributed by atoms with Crippen molar-refractivity contribution < 1.29 is 4.79 Å². The van der Waals surface area contributed by atoms with Crippen LogP contribution in [0.5, 0.6) is 0 Å². The van der Waals surface area contributed by atoms with Crippen molar-refractivity contribution in [2.45, 2.75) is 32.1 Å². The van der Waals surface area contributed by atoms with Gasteiger partial charge in [-0.2, -0.15) is 0 Å². The summed E-state index contributed by atoms with van der Waals surface area (Å²) in [6.07, 6.45) is 6.93. The van der Waals surface area contributed by atoms with E-state index in [0.29, 0.717) is 6.42 Å². The number of pyridine rings is 1. The fourth-order valence-corrected chi connectivity index (χ4v) is 3.82. The van der Waals surface area contributed by atoms with Gasteiger partial charge >= 0.3 is 0 Å². The molecule has 0 radical (unpaired) electrons. The second-order valence-corrected chi connectivity index (χ2v) is 6.89.